The highest BCUT2D eigenvalue weighted by molar-refractivity contribution is 6.32. The van der Waals surface area contributed by atoms with Gasteiger partial charge in [-0.1, -0.05) is 11.6 Å². The lowest BCUT2D eigenvalue weighted by Gasteiger charge is -2.15. The molecular formula is C22H19ClF3NO9. The second-order valence-electron chi connectivity index (χ2n) is 7.16. The van der Waals surface area contributed by atoms with Crippen LogP contribution in [0.3, 0.4) is 0 Å². The van der Waals surface area contributed by atoms with E-state index < -0.39 is 64.5 Å². The Labute approximate surface area is 207 Å². The van der Waals surface area contributed by atoms with Crippen molar-refractivity contribution in [1.29, 1.82) is 0 Å². The third-order valence-corrected chi connectivity index (χ3v) is 4.87. The number of ether oxygens (including phenoxy) is 4. The minimum Gasteiger partial charge on any atom is -0.466 e. The second kappa shape index (κ2) is 11.8. The summed E-state index contributed by atoms with van der Waals surface area (Å²) in [4.78, 5) is 46.5. The number of carbonyl (C=O) groups excluding carboxylic acids is 3. The van der Waals surface area contributed by atoms with Gasteiger partial charge in [0.25, 0.3) is 5.69 Å². The third-order valence-electron chi connectivity index (χ3n) is 4.57. The van der Waals surface area contributed by atoms with E-state index in [2.05, 4.69) is 4.74 Å². The van der Waals surface area contributed by atoms with Crippen molar-refractivity contribution in [3.63, 3.8) is 0 Å². The molecule has 36 heavy (non-hydrogen) atoms. The van der Waals surface area contributed by atoms with Gasteiger partial charge in [0.15, 0.2) is 18.0 Å². The number of halogens is 4. The highest BCUT2D eigenvalue weighted by atomic mass is 35.5. The van der Waals surface area contributed by atoms with Gasteiger partial charge in [-0.15, -0.1) is 0 Å². The van der Waals surface area contributed by atoms with Gasteiger partial charge in [0.2, 0.25) is 0 Å². The average Bonchev–Trinajstić information content (AvgIpc) is 2.81. The van der Waals surface area contributed by atoms with Gasteiger partial charge in [-0.25, -0.2) is 9.59 Å². The van der Waals surface area contributed by atoms with E-state index in [0.717, 1.165) is 37.4 Å². The number of alkyl halides is 3. The maximum atomic E-state index is 12.8. The van der Waals surface area contributed by atoms with Crippen molar-refractivity contribution < 1.29 is 51.4 Å². The molecule has 0 fully saturated rings. The lowest BCUT2D eigenvalue weighted by molar-refractivity contribution is -0.385. The number of nitro groups is 1. The van der Waals surface area contributed by atoms with Crippen molar-refractivity contribution in [3.05, 3.63) is 62.7 Å². The first-order valence-corrected chi connectivity index (χ1v) is 10.4. The number of Topliss-reactive ketones (excluding diaryl/α,β-unsaturated/α-hetero) is 1. The largest absolute Gasteiger partial charge is 0.466 e. The Kier molecular flexibility index (Phi) is 9.36. The minimum atomic E-state index is -4.63. The van der Waals surface area contributed by atoms with Gasteiger partial charge in [-0.05, 0) is 44.2 Å². The molecule has 194 valence electrons. The van der Waals surface area contributed by atoms with Gasteiger partial charge >= 0.3 is 18.1 Å². The van der Waals surface area contributed by atoms with Gasteiger partial charge < -0.3 is 18.9 Å². The zero-order valence-corrected chi connectivity index (χ0v) is 19.7. The van der Waals surface area contributed by atoms with Crippen LogP contribution in [-0.2, 0) is 30.0 Å². The molecule has 2 atom stereocenters. The Hall–Kier alpha value is -3.71. The Morgan fingerprint density at radius 2 is 1.72 bits per heavy atom. The molecule has 0 aliphatic heterocycles. The molecule has 2 rings (SSSR count). The maximum Gasteiger partial charge on any atom is 0.416 e. The van der Waals surface area contributed by atoms with Crippen molar-refractivity contribution in [1.82, 2.24) is 0 Å². The van der Waals surface area contributed by atoms with Crippen LogP contribution in [0.4, 0.5) is 18.9 Å². The van der Waals surface area contributed by atoms with Gasteiger partial charge in [0.1, 0.15) is 23.7 Å². The van der Waals surface area contributed by atoms with Crippen molar-refractivity contribution in [2.24, 2.45) is 0 Å². The van der Waals surface area contributed by atoms with Crippen LogP contribution >= 0.6 is 11.6 Å². The molecule has 0 aliphatic rings. The molecule has 0 spiro atoms. The topological polar surface area (TPSA) is 131 Å². The number of nitrogens with zero attached hydrogens (tertiary/aromatic N) is 1. The second-order valence-corrected chi connectivity index (χ2v) is 7.57. The monoisotopic (exact) mass is 533 g/mol. The van der Waals surface area contributed by atoms with Crippen LogP contribution in [-0.4, -0.2) is 48.6 Å². The number of hydrogen-bond acceptors (Lipinski definition) is 9. The number of benzene rings is 2. The summed E-state index contributed by atoms with van der Waals surface area (Å²) < 4.78 is 58.2. The Morgan fingerprint density at radius 1 is 1.06 bits per heavy atom. The van der Waals surface area contributed by atoms with Crippen molar-refractivity contribution >= 4 is 35.0 Å². The van der Waals surface area contributed by atoms with Crippen LogP contribution in [0.1, 0.15) is 29.8 Å². The lowest BCUT2D eigenvalue weighted by Crippen LogP contribution is -2.32. The van der Waals surface area contributed by atoms with Gasteiger partial charge in [0.05, 0.1) is 22.6 Å². The molecule has 0 saturated carbocycles. The van der Waals surface area contributed by atoms with E-state index in [1.807, 2.05) is 0 Å². The van der Waals surface area contributed by atoms with Crippen LogP contribution in [0.2, 0.25) is 5.02 Å². The van der Waals surface area contributed by atoms with Crippen molar-refractivity contribution in [2.45, 2.75) is 32.2 Å². The first-order chi connectivity index (χ1) is 16.7. The normalized spacial score (nSPS) is 12.9. The number of esters is 2. The van der Waals surface area contributed by atoms with E-state index in [-0.39, 0.29) is 16.5 Å². The quantitative estimate of drug-likeness (QED) is 0.184. The molecule has 10 nitrogen and oxygen atoms in total. The molecule has 0 heterocycles. The number of ketones is 1. The molecule has 0 aromatic heterocycles. The van der Waals surface area contributed by atoms with Crippen molar-refractivity contribution in [3.8, 4) is 11.5 Å². The molecule has 2 aromatic carbocycles. The average molecular weight is 534 g/mol. The first kappa shape index (κ1) is 28.5. The van der Waals surface area contributed by atoms with Gasteiger partial charge in [0, 0.05) is 6.07 Å². The Bertz CT molecular complexity index is 1170. The molecule has 2 aromatic rings. The fourth-order valence-electron chi connectivity index (χ4n) is 2.68. The SMILES string of the molecule is COC(=O)C(C)OC(=O)C(C)OCC(=O)c1cc(Oc2ccc(C(F)(F)F)cc2Cl)ccc1[N+](=O)[O-]. The van der Waals surface area contributed by atoms with E-state index in [1.165, 1.54) is 13.8 Å². The fraction of sp³-hybridized carbons (Fsp3) is 0.318. The number of rotatable bonds is 10. The first-order valence-electron chi connectivity index (χ1n) is 10.0. The Morgan fingerprint density at radius 3 is 2.28 bits per heavy atom. The van der Waals surface area contributed by atoms with Crippen LogP contribution in [0, 0.1) is 10.1 Å². The van der Waals surface area contributed by atoms with Gasteiger partial charge in [-0.3, -0.25) is 14.9 Å². The molecule has 2 unspecified atom stereocenters. The van der Waals surface area contributed by atoms with E-state index in [1.54, 1.807) is 0 Å². The summed E-state index contributed by atoms with van der Waals surface area (Å²) in [7, 11) is 1.10. The van der Waals surface area contributed by atoms with Crippen LogP contribution in [0.15, 0.2) is 36.4 Å². The van der Waals surface area contributed by atoms with Gasteiger partial charge in [-0.2, -0.15) is 13.2 Å². The number of methoxy groups -OCH3 is 1. The summed E-state index contributed by atoms with van der Waals surface area (Å²) in [6.07, 6.45) is -7.17. The molecule has 0 bridgehead atoms. The molecule has 14 heteroatoms. The fourth-order valence-corrected chi connectivity index (χ4v) is 2.90. The molecule has 0 radical (unpaired) electrons. The van der Waals surface area contributed by atoms with Crippen LogP contribution in [0.5, 0.6) is 11.5 Å². The van der Waals surface area contributed by atoms with E-state index in [4.69, 9.17) is 25.8 Å². The minimum absolute atomic E-state index is 0.134. The predicted molar refractivity (Wildman–Crippen MR) is 117 cm³/mol. The summed E-state index contributed by atoms with van der Waals surface area (Å²) >= 11 is 5.86. The lowest BCUT2D eigenvalue weighted by atomic mass is 10.1. The third kappa shape index (κ3) is 7.39. The standard InChI is InChI=1S/C22H19ClF3NO9/c1-11(21(30)35-12(2)20(29)33-3)34-10-18(28)15-9-14(5-6-17(15)27(31)32)36-19-7-4-13(8-16(19)23)22(24,25)26/h4-9,11-12H,10H2,1-3H3. The summed E-state index contributed by atoms with van der Waals surface area (Å²) in [6, 6.07) is 5.39. The van der Waals surface area contributed by atoms with E-state index in [0.29, 0.717) is 6.07 Å². The van der Waals surface area contributed by atoms with Crippen molar-refractivity contribution in [2.75, 3.05) is 13.7 Å². The zero-order chi connectivity index (χ0) is 27.2. The number of carbonyl (C=O) groups is 3. The number of nitro benzene ring substituents is 1. The van der Waals surface area contributed by atoms with Crippen LogP contribution < -0.4 is 4.74 Å². The van der Waals surface area contributed by atoms with E-state index >= 15 is 0 Å². The zero-order valence-electron chi connectivity index (χ0n) is 19.0. The predicted octanol–water partition coefficient (Wildman–Crippen LogP) is 4.75. The highest BCUT2D eigenvalue weighted by Crippen LogP contribution is 2.37. The molecular weight excluding hydrogens is 515 g/mol. The smallest absolute Gasteiger partial charge is 0.416 e. The number of hydrogen-bond donors (Lipinski definition) is 0. The maximum absolute atomic E-state index is 12.8. The summed E-state index contributed by atoms with van der Waals surface area (Å²) in [5.41, 5.74) is -2.07. The summed E-state index contributed by atoms with van der Waals surface area (Å²) in [6.45, 7) is 1.72. The molecule has 0 N–H and O–H groups in total. The summed E-state index contributed by atoms with van der Waals surface area (Å²) in [5, 5.41) is 11.0. The summed E-state index contributed by atoms with van der Waals surface area (Å²) in [5.74, 6) is -3.03. The molecule has 0 amide bonds. The Balaban J connectivity index is 2.18. The van der Waals surface area contributed by atoms with E-state index in [9.17, 15) is 37.7 Å². The highest BCUT2D eigenvalue weighted by Gasteiger charge is 2.31. The molecule has 0 aliphatic carbocycles. The van der Waals surface area contributed by atoms with Crippen LogP contribution in [0.25, 0.3) is 0 Å². The molecule has 0 saturated heterocycles.